The van der Waals surface area contributed by atoms with E-state index in [-0.39, 0.29) is 11.7 Å². The van der Waals surface area contributed by atoms with Crippen molar-refractivity contribution in [3.63, 3.8) is 0 Å². The lowest BCUT2D eigenvalue weighted by molar-refractivity contribution is -0.112. The molecule has 0 atom stereocenters. The van der Waals surface area contributed by atoms with Crippen molar-refractivity contribution in [3.8, 4) is 28.1 Å². The topological polar surface area (TPSA) is 107 Å². The van der Waals surface area contributed by atoms with E-state index in [1.165, 1.54) is 0 Å². The molecule has 4 rings (SSSR count). The number of phenols is 1. The largest absolute Gasteiger partial charge is 0.507 e. The number of carbonyl (C=O) groups excluding carboxylic acids is 1. The summed E-state index contributed by atoms with van der Waals surface area (Å²) in [7, 11) is 0. The predicted molar refractivity (Wildman–Crippen MR) is 106 cm³/mol. The van der Waals surface area contributed by atoms with E-state index in [1.807, 2.05) is 23.0 Å². The van der Waals surface area contributed by atoms with Crippen molar-refractivity contribution >= 4 is 12.1 Å². The van der Waals surface area contributed by atoms with Crippen molar-refractivity contribution < 1.29 is 9.90 Å². The molecule has 2 aromatic heterocycles. The molecule has 2 heterocycles. The Balaban J connectivity index is 1.54. The molecule has 0 aliphatic heterocycles. The molecule has 0 radical (unpaired) electrons. The van der Waals surface area contributed by atoms with Gasteiger partial charge in [-0.15, -0.1) is 10.2 Å². The number of phenolic OH excluding ortho intramolecular Hbond substituents is 1. The van der Waals surface area contributed by atoms with Gasteiger partial charge < -0.3 is 15.6 Å². The molecule has 3 N–H and O–H groups in total. The van der Waals surface area contributed by atoms with E-state index in [9.17, 15) is 9.90 Å². The van der Waals surface area contributed by atoms with E-state index >= 15 is 0 Å². The summed E-state index contributed by atoms with van der Waals surface area (Å²) in [5.41, 5.74) is 8.83. The Bertz CT molecular complexity index is 976. The Morgan fingerprint density at radius 1 is 1.14 bits per heavy atom. The monoisotopic (exact) mass is 377 g/mol. The van der Waals surface area contributed by atoms with Crippen LogP contribution in [-0.2, 0) is 11.3 Å². The number of aldehydes is 1. The summed E-state index contributed by atoms with van der Waals surface area (Å²) in [4.78, 5) is 10.9. The van der Waals surface area contributed by atoms with E-state index in [0.29, 0.717) is 23.0 Å². The van der Waals surface area contributed by atoms with Crippen LogP contribution < -0.4 is 5.73 Å². The number of nitrogens with zero attached hydrogens (tertiary/aromatic N) is 4. The number of anilines is 1. The average Bonchev–Trinajstić information content (AvgIpc) is 3.18. The summed E-state index contributed by atoms with van der Waals surface area (Å²) in [6.07, 6.45) is 8.86. The molecule has 0 spiro atoms. The molecular weight excluding hydrogens is 354 g/mol. The first-order valence-corrected chi connectivity index (χ1v) is 9.53. The number of rotatable bonds is 5. The minimum Gasteiger partial charge on any atom is -0.507 e. The SMILES string of the molecule is Nc1nnc(-c2ccccc2O)cc1-c1cnn(CC2CCC(C=O)CC2)c1. The van der Waals surface area contributed by atoms with E-state index in [4.69, 9.17) is 5.73 Å². The number of carbonyl (C=O) groups is 1. The van der Waals surface area contributed by atoms with Crippen molar-refractivity contribution in [3.05, 3.63) is 42.7 Å². The molecule has 144 valence electrons. The fourth-order valence-corrected chi connectivity index (χ4v) is 3.83. The number of para-hydroxylation sites is 1. The molecule has 1 aliphatic rings. The molecule has 7 heteroatoms. The van der Waals surface area contributed by atoms with Gasteiger partial charge in [0.1, 0.15) is 12.0 Å². The average molecular weight is 377 g/mol. The molecular formula is C21H23N5O2. The normalized spacial score (nSPS) is 19.4. The van der Waals surface area contributed by atoms with E-state index in [1.54, 1.807) is 24.4 Å². The van der Waals surface area contributed by atoms with Gasteiger partial charge in [-0.2, -0.15) is 5.10 Å². The molecule has 3 aromatic rings. The molecule has 7 nitrogen and oxygen atoms in total. The highest BCUT2D eigenvalue weighted by Crippen LogP contribution is 2.32. The van der Waals surface area contributed by atoms with Crippen LogP contribution in [0.15, 0.2) is 42.7 Å². The Kier molecular flexibility index (Phi) is 5.06. The lowest BCUT2D eigenvalue weighted by atomic mass is 9.83. The number of aromatic nitrogens is 4. The summed E-state index contributed by atoms with van der Waals surface area (Å²) >= 11 is 0. The molecule has 1 saturated carbocycles. The maximum atomic E-state index is 10.9. The first-order chi connectivity index (χ1) is 13.6. The number of hydrogen-bond donors (Lipinski definition) is 2. The summed E-state index contributed by atoms with van der Waals surface area (Å²) in [6.45, 7) is 0.830. The van der Waals surface area contributed by atoms with Crippen LogP contribution >= 0.6 is 0 Å². The highest BCUT2D eigenvalue weighted by atomic mass is 16.3. The zero-order valence-corrected chi connectivity index (χ0v) is 15.5. The lowest BCUT2D eigenvalue weighted by Gasteiger charge is -2.25. The molecule has 0 bridgehead atoms. The third kappa shape index (κ3) is 3.74. The number of aromatic hydroxyl groups is 1. The number of nitrogen functional groups attached to an aromatic ring is 1. The number of benzene rings is 1. The maximum Gasteiger partial charge on any atom is 0.154 e. The van der Waals surface area contributed by atoms with Crippen LogP contribution in [0.5, 0.6) is 5.75 Å². The molecule has 1 fully saturated rings. The summed E-state index contributed by atoms with van der Waals surface area (Å²) in [6, 6.07) is 8.83. The van der Waals surface area contributed by atoms with Gasteiger partial charge in [0.2, 0.25) is 0 Å². The fourth-order valence-electron chi connectivity index (χ4n) is 3.83. The van der Waals surface area contributed by atoms with Gasteiger partial charge in [0, 0.05) is 35.3 Å². The molecule has 0 unspecified atom stereocenters. The minimum atomic E-state index is 0.147. The second-order valence-electron chi connectivity index (χ2n) is 7.41. The van der Waals surface area contributed by atoms with Crippen LogP contribution in [0.2, 0.25) is 0 Å². The first kappa shape index (κ1) is 18.2. The van der Waals surface area contributed by atoms with E-state index in [2.05, 4.69) is 15.3 Å². The standard InChI is InChI=1S/C21H23N5O2/c22-21-18(9-19(24-25-21)17-3-1-2-4-20(17)28)16-10-23-26(12-16)11-14-5-7-15(13-27)8-6-14/h1-4,9-10,12-15,28H,5-8,11H2,(H2,22,25). The minimum absolute atomic E-state index is 0.147. The van der Waals surface area contributed by atoms with Crippen LogP contribution in [0.25, 0.3) is 22.4 Å². The molecule has 1 aromatic carbocycles. The molecule has 28 heavy (non-hydrogen) atoms. The van der Waals surface area contributed by atoms with Gasteiger partial charge in [0.05, 0.1) is 11.9 Å². The predicted octanol–water partition coefficient (Wildman–Crippen LogP) is 3.30. The lowest BCUT2D eigenvalue weighted by Crippen LogP contribution is -2.19. The Morgan fingerprint density at radius 2 is 1.93 bits per heavy atom. The molecule has 0 amide bonds. The molecule has 0 saturated heterocycles. The molecule has 1 aliphatic carbocycles. The van der Waals surface area contributed by atoms with Crippen molar-refractivity contribution in [1.29, 1.82) is 0 Å². The van der Waals surface area contributed by atoms with Crippen molar-refractivity contribution in [2.24, 2.45) is 11.8 Å². The Morgan fingerprint density at radius 3 is 2.68 bits per heavy atom. The summed E-state index contributed by atoms with van der Waals surface area (Å²) in [5, 5.41) is 22.7. The van der Waals surface area contributed by atoms with Gasteiger partial charge in [0.25, 0.3) is 0 Å². The van der Waals surface area contributed by atoms with Gasteiger partial charge in [-0.25, -0.2) is 0 Å². The maximum absolute atomic E-state index is 10.9. The van der Waals surface area contributed by atoms with Crippen LogP contribution in [0.1, 0.15) is 25.7 Å². The van der Waals surface area contributed by atoms with Gasteiger partial charge in [-0.05, 0) is 49.8 Å². The van der Waals surface area contributed by atoms with E-state index < -0.39 is 0 Å². The Labute approximate surface area is 163 Å². The highest BCUT2D eigenvalue weighted by molar-refractivity contribution is 5.78. The second-order valence-corrected chi connectivity index (χ2v) is 7.41. The second kappa shape index (κ2) is 7.80. The third-order valence-electron chi connectivity index (χ3n) is 5.48. The van der Waals surface area contributed by atoms with Crippen LogP contribution in [0.3, 0.4) is 0 Å². The van der Waals surface area contributed by atoms with Gasteiger partial charge >= 0.3 is 0 Å². The van der Waals surface area contributed by atoms with Gasteiger partial charge in [-0.3, -0.25) is 4.68 Å². The van der Waals surface area contributed by atoms with Crippen LogP contribution in [0, 0.1) is 11.8 Å². The number of hydrogen-bond acceptors (Lipinski definition) is 6. The zero-order valence-electron chi connectivity index (χ0n) is 15.5. The van der Waals surface area contributed by atoms with Gasteiger partial charge in [0.15, 0.2) is 5.82 Å². The Hall–Kier alpha value is -3.22. The van der Waals surface area contributed by atoms with E-state index in [0.717, 1.165) is 49.6 Å². The highest BCUT2D eigenvalue weighted by Gasteiger charge is 2.21. The fraction of sp³-hybridized carbons (Fsp3) is 0.333. The van der Waals surface area contributed by atoms with Crippen molar-refractivity contribution in [2.45, 2.75) is 32.2 Å². The first-order valence-electron chi connectivity index (χ1n) is 9.53. The smallest absolute Gasteiger partial charge is 0.154 e. The van der Waals surface area contributed by atoms with Crippen molar-refractivity contribution in [1.82, 2.24) is 20.0 Å². The van der Waals surface area contributed by atoms with Crippen molar-refractivity contribution in [2.75, 3.05) is 5.73 Å². The third-order valence-corrected chi connectivity index (χ3v) is 5.48. The zero-order chi connectivity index (χ0) is 19.5. The summed E-state index contributed by atoms with van der Waals surface area (Å²) in [5.74, 6) is 1.23. The van der Waals surface area contributed by atoms with Crippen LogP contribution in [-0.4, -0.2) is 31.4 Å². The van der Waals surface area contributed by atoms with Crippen LogP contribution in [0.4, 0.5) is 5.82 Å². The quantitative estimate of drug-likeness (QED) is 0.661. The van der Waals surface area contributed by atoms with Gasteiger partial charge in [-0.1, -0.05) is 12.1 Å². The number of nitrogens with two attached hydrogens (primary N) is 1. The summed E-state index contributed by atoms with van der Waals surface area (Å²) < 4.78 is 1.93.